The van der Waals surface area contributed by atoms with Crippen LogP contribution >= 0.6 is 0 Å². The molecule has 1 fully saturated rings. The van der Waals surface area contributed by atoms with Crippen LogP contribution in [0.5, 0.6) is 0 Å². The van der Waals surface area contributed by atoms with Crippen molar-refractivity contribution in [3.8, 4) is 0 Å². The van der Waals surface area contributed by atoms with E-state index in [1.165, 1.54) is 35.1 Å². The van der Waals surface area contributed by atoms with Crippen molar-refractivity contribution in [1.29, 1.82) is 0 Å². The van der Waals surface area contributed by atoms with Gasteiger partial charge in [-0.1, -0.05) is 45.7 Å². The van der Waals surface area contributed by atoms with E-state index in [1.807, 2.05) is 0 Å². The molecular formula is C18H28O. The molecule has 1 aromatic carbocycles. The molecule has 0 heterocycles. The van der Waals surface area contributed by atoms with Crippen LogP contribution < -0.4 is 0 Å². The minimum absolute atomic E-state index is 0.162. The standard InChI is InChI=1S/C18H28O/c1-12-8-15(18(3,4)5)9-13(2)17(12)11-16(19)10-14-6-7-14/h8-9,14,16,19H,6-7,10-11H2,1-5H3. The molecule has 0 aliphatic heterocycles. The molecule has 1 aromatic rings. The third kappa shape index (κ3) is 3.82. The Hall–Kier alpha value is -0.820. The van der Waals surface area contributed by atoms with Crippen molar-refractivity contribution in [2.45, 2.75) is 71.8 Å². The number of benzene rings is 1. The quantitative estimate of drug-likeness (QED) is 0.855. The summed E-state index contributed by atoms with van der Waals surface area (Å²) in [7, 11) is 0. The summed E-state index contributed by atoms with van der Waals surface area (Å²) in [6.07, 6.45) is 4.28. The lowest BCUT2D eigenvalue weighted by Gasteiger charge is -2.23. The van der Waals surface area contributed by atoms with Gasteiger partial charge in [0.25, 0.3) is 0 Å². The maximum atomic E-state index is 10.2. The molecule has 19 heavy (non-hydrogen) atoms. The molecule has 0 bridgehead atoms. The molecule has 1 atom stereocenters. The molecular weight excluding hydrogens is 232 g/mol. The third-order valence-corrected chi connectivity index (χ3v) is 4.30. The Labute approximate surface area is 118 Å². The fourth-order valence-electron chi connectivity index (χ4n) is 2.81. The molecule has 1 nitrogen and oxygen atoms in total. The second-order valence-corrected chi connectivity index (χ2v) is 7.38. The molecule has 106 valence electrons. The molecule has 1 unspecified atom stereocenters. The van der Waals surface area contributed by atoms with Crippen LogP contribution in [-0.2, 0) is 11.8 Å². The Morgan fingerprint density at radius 1 is 1.16 bits per heavy atom. The summed E-state index contributed by atoms with van der Waals surface area (Å²) in [5.41, 5.74) is 5.60. The van der Waals surface area contributed by atoms with Crippen LogP contribution in [0.4, 0.5) is 0 Å². The summed E-state index contributed by atoms with van der Waals surface area (Å²) >= 11 is 0. The fraction of sp³-hybridized carbons (Fsp3) is 0.667. The molecule has 0 radical (unpaired) electrons. The van der Waals surface area contributed by atoms with Gasteiger partial charge in [0.05, 0.1) is 6.10 Å². The molecule has 0 saturated heterocycles. The Morgan fingerprint density at radius 2 is 1.68 bits per heavy atom. The Bertz CT molecular complexity index is 426. The van der Waals surface area contributed by atoms with Crippen molar-refractivity contribution in [3.63, 3.8) is 0 Å². The van der Waals surface area contributed by atoms with Gasteiger partial charge in [0.15, 0.2) is 0 Å². The first-order valence-corrected chi connectivity index (χ1v) is 7.56. The minimum Gasteiger partial charge on any atom is -0.393 e. The predicted octanol–water partition coefficient (Wildman–Crippen LogP) is 4.30. The van der Waals surface area contributed by atoms with Gasteiger partial charge in [-0.3, -0.25) is 0 Å². The van der Waals surface area contributed by atoms with Crippen molar-refractivity contribution < 1.29 is 5.11 Å². The number of aliphatic hydroxyl groups is 1. The van der Waals surface area contributed by atoms with Crippen molar-refractivity contribution in [2.75, 3.05) is 0 Å². The monoisotopic (exact) mass is 260 g/mol. The van der Waals surface area contributed by atoms with E-state index >= 15 is 0 Å². The van der Waals surface area contributed by atoms with E-state index in [-0.39, 0.29) is 11.5 Å². The highest BCUT2D eigenvalue weighted by Gasteiger charge is 2.25. The zero-order valence-electron chi connectivity index (χ0n) is 13.1. The molecule has 1 aliphatic carbocycles. The summed E-state index contributed by atoms with van der Waals surface area (Å²) in [5.74, 6) is 0.796. The van der Waals surface area contributed by atoms with E-state index in [9.17, 15) is 5.11 Å². The molecule has 0 amide bonds. The van der Waals surface area contributed by atoms with Gasteiger partial charge in [0.1, 0.15) is 0 Å². The summed E-state index contributed by atoms with van der Waals surface area (Å²) < 4.78 is 0. The van der Waals surface area contributed by atoms with Gasteiger partial charge in [0.2, 0.25) is 0 Å². The largest absolute Gasteiger partial charge is 0.393 e. The number of hydrogen-bond acceptors (Lipinski definition) is 1. The molecule has 2 rings (SSSR count). The Morgan fingerprint density at radius 3 is 2.11 bits per heavy atom. The maximum absolute atomic E-state index is 10.2. The SMILES string of the molecule is Cc1cc(C(C)(C)C)cc(C)c1CC(O)CC1CC1. The highest BCUT2D eigenvalue weighted by molar-refractivity contribution is 5.40. The summed E-state index contributed by atoms with van der Waals surface area (Å²) in [4.78, 5) is 0. The van der Waals surface area contributed by atoms with Gasteiger partial charge in [0, 0.05) is 0 Å². The van der Waals surface area contributed by atoms with E-state index in [1.54, 1.807) is 0 Å². The molecule has 0 aromatic heterocycles. The molecule has 1 heteroatoms. The second-order valence-electron chi connectivity index (χ2n) is 7.38. The van der Waals surface area contributed by atoms with Gasteiger partial charge in [-0.15, -0.1) is 0 Å². The van der Waals surface area contributed by atoms with Crippen molar-refractivity contribution in [3.05, 3.63) is 34.4 Å². The van der Waals surface area contributed by atoms with Crippen LogP contribution in [-0.4, -0.2) is 11.2 Å². The van der Waals surface area contributed by atoms with Gasteiger partial charge < -0.3 is 5.11 Å². The van der Waals surface area contributed by atoms with Gasteiger partial charge in [-0.25, -0.2) is 0 Å². The lowest BCUT2D eigenvalue weighted by atomic mass is 9.83. The smallest absolute Gasteiger partial charge is 0.0583 e. The highest BCUT2D eigenvalue weighted by atomic mass is 16.3. The van der Waals surface area contributed by atoms with E-state index in [0.29, 0.717) is 0 Å². The topological polar surface area (TPSA) is 20.2 Å². The van der Waals surface area contributed by atoms with Crippen LogP contribution in [0.2, 0.25) is 0 Å². The number of aliphatic hydroxyl groups excluding tert-OH is 1. The normalized spacial score (nSPS) is 17.6. The highest BCUT2D eigenvalue weighted by Crippen LogP contribution is 2.35. The zero-order chi connectivity index (χ0) is 14.2. The van der Waals surface area contributed by atoms with Crippen molar-refractivity contribution in [1.82, 2.24) is 0 Å². The van der Waals surface area contributed by atoms with Gasteiger partial charge >= 0.3 is 0 Å². The van der Waals surface area contributed by atoms with Gasteiger partial charge in [-0.05, 0) is 60.3 Å². The van der Waals surface area contributed by atoms with Crippen LogP contribution in [0.1, 0.15) is 62.3 Å². The molecule has 1 aliphatic rings. The molecule has 0 spiro atoms. The second kappa shape index (κ2) is 5.28. The van der Waals surface area contributed by atoms with Crippen LogP contribution in [0, 0.1) is 19.8 Å². The van der Waals surface area contributed by atoms with E-state index in [4.69, 9.17) is 0 Å². The number of hydrogen-bond donors (Lipinski definition) is 1. The van der Waals surface area contributed by atoms with E-state index in [2.05, 4.69) is 46.8 Å². The Balaban J connectivity index is 2.16. The number of aryl methyl sites for hydroxylation is 2. The lowest BCUT2D eigenvalue weighted by Crippen LogP contribution is -2.16. The van der Waals surface area contributed by atoms with E-state index in [0.717, 1.165) is 18.8 Å². The lowest BCUT2D eigenvalue weighted by molar-refractivity contribution is 0.157. The Kier molecular flexibility index (Phi) is 4.06. The van der Waals surface area contributed by atoms with Crippen molar-refractivity contribution in [2.24, 2.45) is 5.92 Å². The molecule has 1 N–H and O–H groups in total. The van der Waals surface area contributed by atoms with E-state index < -0.39 is 0 Å². The van der Waals surface area contributed by atoms with Crippen LogP contribution in [0.25, 0.3) is 0 Å². The first kappa shape index (κ1) is 14.6. The average Bonchev–Trinajstić information content (AvgIpc) is 3.05. The fourth-order valence-corrected chi connectivity index (χ4v) is 2.81. The van der Waals surface area contributed by atoms with Crippen molar-refractivity contribution >= 4 is 0 Å². The minimum atomic E-state index is -0.162. The molecule has 1 saturated carbocycles. The van der Waals surface area contributed by atoms with Gasteiger partial charge in [-0.2, -0.15) is 0 Å². The summed E-state index contributed by atoms with van der Waals surface area (Å²) in [6, 6.07) is 4.60. The first-order chi connectivity index (χ1) is 8.77. The third-order valence-electron chi connectivity index (χ3n) is 4.30. The van der Waals surface area contributed by atoms with Crippen LogP contribution in [0.15, 0.2) is 12.1 Å². The first-order valence-electron chi connectivity index (χ1n) is 7.56. The number of rotatable bonds is 4. The zero-order valence-corrected chi connectivity index (χ0v) is 13.1. The maximum Gasteiger partial charge on any atom is 0.0583 e. The average molecular weight is 260 g/mol. The van der Waals surface area contributed by atoms with Crippen LogP contribution in [0.3, 0.4) is 0 Å². The summed E-state index contributed by atoms with van der Waals surface area (Å²) in [6.45, 7) is 11.1. The summed E-state index contributed by atoms with van der Waals surface area (Å²) in [5, 5.41) is 10.2. The predicted molar refractivity (Wildman–Crippen MR) is 81.7 cm³/mol.